The Morgan fingerprint density at radius 3 is 2.55 bits per heavy atom. The summed E-state index contributed by atoms with van der Waals surface area (Å²) in [6, 6.07) is 8.20. The number of hydrogen-bond donors (Lipinski definition) is 2. The van der Waals surface area contributed by atoms with E-state index >= 15 is 0 Å². The molecule has 0 aliphatic heterocycles. The first kappa shape index (κ1) is 14.2. The van der Waals surface area contributed by atoms with E-state index < -0.39 is 11.7 Å². The molecular formula is C15H16BNO3. The van der Waals surface area contributed by atoms with Crippen LogP contribution in [-0.4, -0.2) is 24.6 Å². The van der Waals surface area contributed by atoms with Gasteiger partial charge in [0.05, 0.1) is 5.69 Å². The van der Waals surface area contributed by atoms with Gasteiger partial charge in [0, 0.05) is 5.39 Å². The maximum atomic E-state index is 11.8. The molecule has 20 heavy (non-hydrogen) atoms. The van der Waals surface area contributed by atoms with Crippen molar-refractivity contribution in [2.45, 2.75) is 26.4 Å². The zero-order chi connectivity index (χ0) is 14.9. The third-order valence-electron chi connectivity index (χ3n) is 2.67. The second-order valence-electron chi connectivity index (χ2n) is 5.56. The molecule has 0 bridgehead atoms. The van der Waals surface area contributed by atoms with Crippen LogP contribution in [0.4, 0.5) is 10.5 Å². The lowest BCUT2D eigenvalue weighted by Crippen LogP contribution is -2.27. The Kier molecular flexibility index (Phi) is 3.62. The number of carbonyl (C=O) groups is 1. The highest BCUT2D eigenvalue weighted by molar-refractivity contribution is 6.39. The van der Waals surface area contributed by atoms with Gasteiger partial charge in [0.15, 0.2) is 0 Å². The third kappa shape index (κ3) is 3.23. The number of carbonyl (C=O) groups excluding carboxylic acids is 1. The summed E-state index contributed by atoms with van der Waals surface area (Å²) in [7, 11) is 5.88. The van der Waals surface area contributed by atoms with Gasteiger partial charge in [-0.3, -0.25) is 5.32 Å². The molecule has 4 nitrogen and oxygen atoms in total. The SMILES string of the molecule is [B]c1ccc(NC(=O)OC(C)(C)C)c2cc(O)ccc12. The van der Waals surface area contributed by atoms with E-state index in [9.17, 15) is 9.90 Å². The van der Waals surface area contributed by atoms with Gasteiger partial charge in [-0.2, -0.15) is 0 Å². The summed E-state index contributed by atoms with van der Waals surface area (Å²) < 4.78 is 5.21. The summed E-state index contributed by atoms with van der Waals surface area (Å²) >= 11 is 0. The molecule has 0 atom stereocenters. The van der Waals surface area contributed by atoms with E-state index in [0.717, 1.165) is 5.39 Å². The number of phenols is 1. The molecule has 5 heteroatoms. The van der Waals surface area contributed by atoms with Crippen LogP contribution >= 0.6 is 0 Å². The van der Waals surface area contributed by atoms with E-state index in [4.69, 9.17) is 12.6 Å². The van der Waals surface area contributed by atoms with Gasteiger partial charge in [0.1, 0.15) is 19.2 Å². The van der Waals surface area contributed by atoms with Crippen molar-refractivity contribution in [3.05, 3.63) is 30.3 Å². The standard InChI is InChI=1S/C15H16BNO3/c1-15(2,3)20-14(19)17-13-7-6-12(16)10-5-4-9(18)8-11(10)13/h4-8,18H,1-3H3,(H,17,19). The number of ether oxygens (including phenoxy) is 1. The van der Waals surface area contributed by atoms with Crippen molar-refractivity contribution in [3.63, 3.8) is 0 Å². The number of amides is 1. The molecule has 2 aromatic rings. The van der Waals surface area contributed by atoms with Gasteiger partial charge in [0.2, 0.25) is 0 Å². The van der Waals surface area contributed by atoms with Crippen LogP contribution < -0.4 is 10.8 Å². The lowest BCUT2D eigenvalue weighted by atomic mass is 9.89. The number of fused-ring (bicyclic) bond motifs is 1. The average Bonchev–Trinajstić information content (AvgIpc) is 2.30. The molecule has 2 N–H and O–H groups in total. The molecular weight excluding hydrogens is 253 g/mol. The number of anilines is 1. The van der Waals surface area contributed by atoms with Gasteiger partial charge in [0.25, 0.3) is 0 Å². The normalized spacial score (nSPS) is 11.3. The fraction of sp³-hybridized carbons (Fsp3) is 0.267. The average molecular weight is 269 g/mol. The summed E-state index contributed by atoms with van der Waals surface area (Å²) in [6.45, 7) is 5.37. The Morgan fingerprint density at radius 1 is 1.20 bits per heavy atom. The van der Waals surface area contributed by atoms with Crippen molar-refractivity contribution in [1.29, 1.82) is 0 Å². The van der Waals surface area contributed by atoms with Crippen LogP contribution in [0.25, 0.3) is 10.8 Å². The minimum Gasteiger partial charge on any atom is -0.508 e. The van der Waals surface area contributed by atoms with E-state index in [2.05, 4.69) is 5.32 Å². The lowest BCUT2D eigenvalue weighted by molar-refractivity contribution is 0.0636. The van der Waals surface area contributed by atoms with Crippen LogP contribution in [0.1, 0.15) is 20.8 Å². The van der Waals surface area contributed by atoms with Crippen molar-refractivity contribution in [1.82, 2.24) is 0 Å². The van der Waals surface area contributed by atoms with Crippen molar-refractivity contribution >= 4 is 35.9 Å². The molecule has 0 aliphatic rings. The van der Waals surface area contributed by atoms with E-state index in [-0.39, 0.29) is 5.75 Å². The Morgan fingerprint density at radius 2 is 1.90 bits per heavy atom. The summed E-state index contributed by atoms with van der Waals surface area (Å²) in [5, 5.41) is 13.7. The van der Waals surface area contributed by atoms with Crippen LogP contribution in [0.5, 0.6) is 5.75 Å². The fourth-order valence-corrected chi connectivity index (χ4v) is 1.88. The second kappa shape index (κ2) is 5.08. The van der Waals surface area contributed by atoms with Gasteiger partial charge in [-0.15, -0.1) is 0 Å². The van der Waals surface area contributed by atoms with Crippen molar-refractivity contribution in [3.8, 4) is 5.75 Å². The second-order valence-corrected chi connectivity index (χ2v) is 5.56. The molecule has 2 rings (SSSR count). The highest BCUT2D eigenvalue weighted by Crippen LogP contribution is 2.26. The fourth-order valence-electron chi connectivity index (χ4n) is 1.88. The Labute approximate surface area is 119 Å². The molecule has 0 saturated heterocycles. The number of phenolic OH excluding ortho intramolecular Hbond substituents is 1. The molecule has 0 fully saturated rings. The molecule has 0 heterocycles. The number of nitrogens with one attached hydrogen (secondary N) is 1. The van der Waals surface area contributed by atoms with Gasteiger partial charge in [-0.25, -0.2) is 4.79 Å². The number of rotatable bonds is 1. The first-order chi connectivity index (χ1) is 9.26. The molecule has 102 valence electrons. The molecule has 2 aromatic carbocycles. The third-order valence-corrected chi connectivity index (χ3v) is 2.67. The number of hydrogen-bond acceptors (Lipinski definition) is 3. The van der Waals surface area contributed by atoms with Gasteiger partial charge in [-0.05, 0) is 44.4 Å². The number of benzene rings is 2. The maximum absolute atomic E-state index is 11.8. The van der Waals surface area contributed by atoms with Crippen LogP contribution in [-0.2, 0) is 4.74 Å². The summed E-state index contributed by atoms with van der Waals surface area (Å²) in [5.41, 5.74) is 0.546. The summed E-state index contributed by atoms with van der Waals surface area (Å²) in [4.78, 5) is 11.8. The molecule has 0 aromatic heterocycles. The van der Waals surface area contributed by atoms with Crippen LogP contribution in [0.2, 0.25) is 0 Å². The van der Waals surface area contributed by atoms with Crippen molar-refractivity contribution in [2.75, 3.05) is 5.32 Å². The molecule has 0 spiro atoms. The quantitative estimate of drug-likeness (QED) is 0.782. The summed E-state index contributed by atoms with van der Waals surface area (Å²) in [5.74, 6) is 0.107. The Balaban J connectivity index is 2.38. The van der Waals surface area contributed by atoms with E-state index in [1.165, 1.54) is 0 Å². The van der Waals surface area contributed by atoms with E-state index in [0.29, 0.717) is 16.5 Å². The highest BCUT2D eigenvalue weighted by atomic mass is 16.6. The number of aromatic hydroxyl groups is 1. The smallest absolute Gasteiger partial charge is 0.412 e. The van der Waals surface area contributed by atoms with Gasteiger partial charge < -0.3 is 9.84 Å². The predicted molar refractivity (Wildman–Crippen MR) is 80.9 cm³/mol. The topological polar surface area (TPSA) is 58.6 Å². The van der Waals surface area contributed by atoms with Gasteiger partial charge >= 0.3 is 6.09 Å². The Bertz CT molecular complexity index is 662. The first-order valence-corrected chi connectivity index (χ1v) is 6.27. The lowest BCUT2D eigenvalue weighted by Gasteiger charge is -2.20. The van der Waals surface area contributed by atoms with E-state index in [1.807, 2.05) is 0 Å². The highest BCUT2D eigenvalue weighted by Gasteiger charge is 2.17. The molecule has 0 saturated carbocycles. The molecule has 0 unspecified atom stereocenters. The van der Waals surface area contributed by atoms with Crippen molar-refractivity contribution in [2.24, 2.45) is 0 Å². The zero-order valence-corrected chi connectivity index (χ0v) is 11.7. The minimum atomic E-state index is -0.574. The monoisotopic (exact) mass is 269 g/mol. The Hall–Kier alpha value is -2.17. The van der Waals surface area contributed by atoms with Crippen LogP contribution in [0.3, 0.4) is 0 Å². The zero-order valence-electron chi connectivity index (χ0n) is 11.7. The minimum absolute atomic E-state index is 0.107. The first-order valence-electron chi connectivity index (χ1n) is 6.27. The molecule has 0 aliphatic carbocycles. The summed E-state index contributed by atoms with van der Waals surface area (Å²) in [6.07, 6.45) is -0.549. The van der Waals surface area contributed by atoms with Crippen LogP contribution in [0, 0.1) is 0 Å². The predicted octanol–water partition coefficient (Wildman–Crippen LogP) is 2.69. The molecule has 2 radical (unpaired) electrons. The molecule has 1 amide bonds. The van der Waals surface area contributed by atoms with Crippen molar-refractivity contribution < 1.29 is 14.6 Å². The van der Waals surface area contributed by atoms with E-state index in [1.54, 1.807) is 51.1 Å². The van der Waals surface area contributed by atoms with Crippen LogP contribution in [0.15, 0.2) is 30.3 Å². The largest absolute Gasteiger partial charge is 0.508 e. The van der Waals surface area contributed by atoms with Gasteiger partial charge in [-0.1, -0.05) is 17.6 Å². The maximum Gasteiger partial charge on any atom is 0.412 e.